The standard InChI is InChI=1S/C34H28BF2N5/c1-21-17-23(3)41-33(21)32(34-22(2)18-24(4)42(34)35(41,36)37)26-13-11-25(12-14-26)27-19-30(28-9-5-7-15-38-28)40-31(20-27)29-10-6-8-16-39-29/h5-20H,1-4H3. The monoisotopic (exact) mass is 555 g/mol. The van der Waals surface area contributed by atoms with Crippen LogP contribution in [0.15, 0.2) is 109 Å². The van der Waals surface area contributed by atoms with Gasteiger partial charge < -0.3 is 17.6 Å². The molecule has 0 radical (unpaired) electrons. The van der Waals surface area contributed by atoms with Crippen molar-refractivity contribution in [2.24, 2.45) is 0 Å². The van der Waals surface area contributed by atoms with Gasteiger partial charge >= 0.3 is 6.97 Å². The molecule has 0 unspecified atom stereocenters. The summed E-state index contributed by atoms with van der Waals surface area (Å²) >= 11 is 0. The van der Waals surface area contributed by atoms with E-state index in [2.05, 4.69) is 9.97 Å². The third-order valence-corrected chi connectivity index (χ3v) is 8.12. The first kappa shape index (κ1) is 26.0. The average molecular weight is 555 g/mol. The van der Waals surface area contributed by atoms with Gasteiger partial charge in [0.1, 0.15) is 5.71 Å². The van der Waals surface area contributed by atoms with Gasteiger partial charge in [0.15, 0.2) is 5.70 Å². The largest absolute Gasteiger partial charge is 0.737 e. The molecule has 4 aromatic heterocycles. The Kier molecular flexibility index (Phi) is 5.90. The zero-order chi connectivity index (χ0) is 29.2. The smallest absolute Gasteiger partial charge is 0.393 e. The van der Waals surface area contributed by atoms with Crippen LogP contribution in [0.25, 0.3) is 39.5 Å². The molecule has 0 spiro atoms. The Bertz CT molecular complexity index is 1910. The molecule has 2 aliphatic rings. The number of aryl methyl sites for hydroxylation is 2. The number of pyridine rings is 3. The molecule has 206 valence electrons. The predicted molar refractivity (Wildman–Crippen MR) is 164 cm³/mol. The van der Waals surface area contributed by atoms with E-state index in [1.54, 1.807) is 26.2 Å². The highest BCUT2D eigenvalue weighted by Gasteiger charge is 2.55. The van der Waals surface area contributed by atoms with Gasteiger partial charge in [-0.15, -0.1) is 0 Å². The molecule has 0 N–H and O–H groups in total. The van der Waals surface area contributed by atoms with E-state index in [0.29, 0.717) is 22.8 Å². The Morgan fingerprint density at radius 1 is 0.690 bits per heavy atom. The lowest BCUT2D eigenvalue weighted by Gasteiger charge is -2.34. The molecule has 6 heterocycles. The van der Waals surface area contributed by atoms with Crippen molar-refractivity contribution >= 4 is 18.3 Å². The van der Waals surface area contributed by atoms with Gasteiger partial charge in [0.2, 0.25) is 0 Å². The van der Waals surface area contributed by atoms with Crippen LogP contribution in [0.5, 0.6) is 0 Å². The third-order valence-electron chi connectivity index (χ3n) is 8.12. The van der Waals surface area contributed by atoms with Gasteiger partial charge in [0.05, 0.1) is 28.3 Å². The number of hydrogen-bond donors (Lipinski definition) is 0. The summed E-state index contributed by atoms with van der Waals surface area (Å²) in [5.41, 5.74) is 10.6. The van der Waals surface area contributed by atoms with Crippen LogP contribution in [0.2, 0.25) is 0 Å². The van der Waals surface area contributed by atoms with Gasteiger partial charge in [-0.2, -0.15) is 0 Å². The van der Waals surface area contributed by atoms with Gasteiger partial charge in [-0.1, -0.05) is 36.4 Å². The Morgan fingerprint density at radius 2 is 1.29 bits per heavy atom. The molecule has 0 saturated carbocycles. The molecule has 8 heteroatoms. The maximum absolute atomic E-state index is 16.0. The van der Waals surface area contributed by atoms with Crippen molar-refractivity contribution in [1.82, 2.24) is 19.4 Å². The summed E-state index contributed by atoms with van der Waals surface area (Å²) in [5, 5.41) is 0. The first-order valence-electron chi connectivity index (χ1n) is 14.0. The molecule has 42 heavy (non-hydrogen) atoms. The van der Waals surface area contributed by atoms with Crippen molar-refractivity contribution < 1.29 is 13.1 Å². The number of aromatic nitrogens is 4. The van der Waals surface area contributed by atoms with E-state index in [4.69, 9.17) is 4.98 Å². The van der Waals surface area contributed by atoms with Crippen molar-refractivity contribution in [2.45, 2.75) is 27.7 Å². The highest BCUT2D eigenvalue weighted by atomic mass is 19.2. The summed E-state index contributed by atoms with van der Waals surface area (Å²) in [6.45, 7) is 3.32. The molecule has 0 aliphatic carbocycles. The molecule has 1 aromatic carbocycles. The van der Waals surface area contributed by atoms with Crippen LogP contribution in [0.4, 0.5) is 8.63 Å². The summed E-state index contributed by atoms with van der Waals surface area (Å²) in [7, 11) is 0. The van der Waals surface area contributed by atoms with Crippen molar-refractivity contribution in [2.75, 3.05) is 0 Å². The quantitative estimate of drug-likeness (QED) is 0.213. The minimum Gasteiger partial charge on any atom is -0.393 e. The fourth-order valence-corrected chi connectivity index (χ4v) is 6.39. The van der Waals surface area contributed by atoms with Crippen molar-refractivity contribution in [1.29, 1.82) is 0 Å². The van der Waals surface area contributed by atoms with Crippen LogP contribution in [0, 0.1) is 13.8 Å². The fraction of sp³-hybridized carbons (Fsp3) is 0.118. The molecular formula is C34H28BF2N5. The topological polar surface area (TPSA) is 46.6 Å². The number of allylic oxidation sites excluding steroid dienone is 2. The molecule has 5 nitrogen and oxygen atoms in total. The number of fused-ring (bicyclic) bond motifs is 2. The van der Waals surface area contributed by atoms with E-state index >= 15 is 8.63 Å². The maximum atomic E-state index is 16.0. The molecule has 0 amide bonds. The molecule has 7 rings (SSSR count). The zero-order valence-corrected chi connectivity index (χ0v) is 23.8. The van der Waals surface area contributed by atoms with Crippen molar-refractivity contribution in [3.05, 3.63) is 131 Å². The Morgan fingerprint density at radius 3 is 1.86 bits per heavy atom. The third kappa shape index (κ3) is 3.97. The lowest BCUT2D eigenvalue weighted by molar-refractivity contribution is -0.363. The minimum atomic E-state index is -4.01. The van der Waals surface area contributed by atoms with Crippen LogP contribution in [-0.4, -0.2) is 36.6 Å². The van der Waals surface area contributed by atoms with E-state index < -0.39 is 6.97 Å². The molecule has 0 bridgehead atoms. The molecule has 0 atom stereocenters. The van der Waals surface area contributed by atoms with Crippen LogP contribution in [0.3, 0.4) is 0 Å². The van der Waals surface area contributed by atoms with Crippen LogP contribution in [0.1, 0.15) is 36.4 Å². The van der Waals surface area contributed by atoms with Crippen molar-refractivity contribution in [3.8, 4) is 33.9 Å². The second-order valence-corrected chi connectivity index (χ2v) is 11.0. The van der Waals surface area contributed by atoms with Gasteiger partial charge in [0, 0.05) is 36.7 Å². The molecule has 0 fully saturated rings. The summed E-state index contributed by atoms with van der Waals surface area (Å²) in [6.07, 6.45) is 5.36. The van der Waals surface area contributed by atoms with Gasteiger partial charge in [-0.3, -0.25) is 9.97 Å². The summed E-state index contributed by atoms with van der Waals surface area (Å²) in [6, 6.07) is 25.6. The molecule has 0 saturated heterocycles. The van der Waals surface area contributed by atoms with Gasteiger partial charge in [0.25, 0.3) is 0 Å². The number of rotatable bonds is 4. The van der Waals surface area contributed by atoms with E-state index in [1.807, 2.05) is 98.8 Å². The molecular weight excluding hydrogens is 527 g/mol. The molecule has 2 aliphatic heterocycles. The zero-order valence-electron chi connectivity index (χ0n) is 23.8. The predicted octanol–water partition coefficient (Wildman–Crippen LogP) is 7.72. The minimum absolute atomic E-state index is 0.555. The second kappa shape index (κ2) is 9.55. The second-order valence-electron chi connectivity index (χ2n) is 11.0. The Balaban J connectivity index is 1.39. The highest BCUT2D eigenvalue weighted by Crippen LogP contribution is 2.44. The number of halogens is 2. The normalized spacial score (nSPS) is 15.5. The van der Waals surface area contributed by atoms with E-state index in [1.165, 1.54) is 8.96 Å². The summed E-state index contributed by atoms with van der Waals surface area (Å²) < 4.78 is 34.5. The maximum Gasteiger partial charge on any atom is 0.737 e. The highest BCUT2D eigenvalue weighted by molar-refractivity contribution is 6.58. The van der Waals surface area contributed by atoms with Crippen LogP contribution < -0.4 is 0 Å². The van der Waals surface area contributed by atoms with Crippen LogP contribution >= 0.6 is 0 Å². The van der Waals surface area contributed by atoms with Crippen molar-refractivity contribution in [3.63, 3.8) is 0 Å². The van der Waals surface area contributed by atoms with Crippen LogP contribution in [-0.2, 0) is 0 Å². The molecule has 5 aromatic rings. The summed E-state index contributed by atoms with van der Waals surface area (Å²) in [4.78, 5) is 13.9. The van der Waals surface area contributed by atoms with E-state index in [9.17, 15) is 0 Å². The summed E-state index contributed by atoms with van der Waals surface area (Å²) in [5.74, 6) is 0. The number of hydrogen-bond acceptors (Lipinski definition) is 3. The first-order valence-corrected chi connectivity index (χ1v) is 14.0. The van der Waals surface area contributed by atoms with E-state index in [-0.39, 0.29) is 0 Å². The number of nitrogens with zero attached hydrogens (tertiary/aromatic N) is 5. The lowest BCUT2D eigenvalue weighted by Crippen LogP contribution is -2.51. The average Bonchev–Trinajstić information content (AvgIpc) is 3.48. The van der Waals surface area contributed by atoms with E-state index in [0.717, 1.165) is 56.2 Å². The lowest BCUT2D eigenvalue weighted by atomic mass is 9.83. The van der Waals surface area contributed by atoms with Gasteiger partial charge in [-0.05, 0) is 91.2 Å². The Labute approximate surface area is 243 Å². The Hall–Kier alpha value is -4.98. The first-order chi connectivity index (χ1) is 20.2. The van der Waals surface area contributed by atoms with Gasteiger partial charge in [-0.25, -0.2) is 4.98 Å². The number of benzene rings is 1. The SMILES string of the molecule is CC1=CC(C)=[N+]2C1=C(c1ccc(-c3cc(-c4ccccn4)nc(-c4ccccn4)c3)cc1)c1c(C)cc(C)n1[B-]2(F)F. The fourth-order valence-electron chi connectivity index (χ4n) is 6.39.